The number of carboxylic acids is 1. The molecule has 1 N–H and O–H groups in total. The number of ketones is 1. The van der Waals surface area contributed by atoms with E-state index in [9.17, 15) is 14.4 Å². The highest BCUT2D eigenvalue weighted by Crippen LogP contribution is 2.64. The van der Waals surface area contributed by atoms with E-state index in [1.54, 1.807) is 0 Å². The SMILES string of the molecule is CC(=O)OC1CCC2(C)C(=CCC3C4C/C(=C/C(=O)O)C(=O)C4(C)CCC32)C1. The van der Waals surface area contributed by atoms with Crippen molar-refractivity contribution < 1.29 is 24.2 Å². The topological polar surface area (TPSA) is 80.7 Å². The molecule has 0 aliphatic heterocycles. The van der Waals surface area contributed by atoms with E-state index < -0.39 is 11.4 Å². The second-order valence-electron chi connectivity index (χ2n) is 9.73. The third-order valence-electron chi connectivity index (χ3n) is 8.33. The third kappa shape index (κ3) is 2.85. The van der Waals surface area contributed by atoms with Crippen LogP contribution in [0.5, 0.6) is 0 Å². The number of carbonyl (C=O) groups excluding carboxylic acids is 2. The van der Waals surface area contributed by atoms with Crippen LogP contribution in [0.2, 0.25) is 0 Å². The van der Waals surface area contributed by atoms with Gasteiger partial charge in [-0.3, -0.25) is 9.59 Å². The molecule has 3 fully saturated rings. The highest BCUT2D eigenvalue weighted by Gasteiger charge is 2.60. The van der Waals surface area contributed by atoms with Crippen molar-refractivity contribution in [1.82, 2.24) is 0 Å². The number of aliphatic carboxylic acids is 1. The molecule has 6 atom stereocenters. The summed E-state index contributed by atoms with van der Waals surface area (Å²) in [7, 11) is 0. The monoisotopic (exact) mass is 386 g/mol. The van der Waals surface area contributed by atoms with Gasteiger partial charge in [0.15, 0.2) is 5.78 Å². The molecule has 0 aromatic carbocycles. The maximum Gasteiger partial charge on any atom is 0.328 e. The van der Waals surface area contributed by atoms with Crippen LogP contribution >= 0.6 is 0 Å². The van der Waals surface area contributed by atoms with Gasteiger partial charge in [-0.1, -0.05) is 25.5 Å². The highest BCUT2D eigenvalue weighted by atomic mass is 16.5. The molecule has 5 heteroatoms. The Morgan fingerprint density at radius 3 is 2.54 bits per heavy atom. The van der Waals surface area contributed by atoms with Crippen molar-refractivity contribution in [3.63, 3.8) is 0 Å². The lowest BCUT2D eigenvalue weighted by Gasteiger charge is -2.56. The van der Waals surface area contributed by atoms with Crippen LogP contribution < -0.4 is 0 Å². The summed E-state index contributed by atoms with van der Waals surface area (Å²) in [6.07, 6.45) is 9.57. The fourth-order valence-corrected chi connectivity index (χ4v) is 6.91. The molecule has 28 heavy (non-hydrogen) atoms. The van der Waals surface area contributed by atoms with E-state index in [1.165, 1.54) is 12.5 Å². The zero-order valence-electron chi connectivity index (χ0n) is 17.0. The van der Waals surface area contributed by atoms with Gasteiger partial charge < -0.3 is 9.84 Å². The number of carbonyl (C=O) groups is 3. The number of rotatable bonds is 2. The molecular weight excluding hydrogens is 356 g/mol. The Morgan fingerprint density at radius 2 is 1.86 bits per heavy atom. The van der Waals surface area contributed by atoms with Crippen molar-refractivity contribution in [1.29, 1.82) is 0 Å². The minimum atomic E-state index is -1.02. The summed E-state index contributed by atoms with van der Waals surface area (Å²) in [6.45, 7) is 5.88. The number of fused-ring (bicyclic) bond motifs is 5. The molecule has 0 heterocycles. The molecule has 0 bridgehead atoms. The average molecular weight is 386 g/mol. The molecule has 4 aliphatic carbocycles. The van der Waals surface area contributed by atoms with Gasteiger partial charge in [0.05, 0.1) is 0 Å². The number of esters is 1. The van der Waals surface area contributed by atoms with Crippen molar-refractivity contribution in [2.24, 2.45) is 28.6 Å². The van der Waals surface area contributed by atoms with Crippen LogP contribution in [0.1, 0.15) is 65.7 Å². The van der Waals surface area contributed by atoms with Gasteiger partial charge in [0.1, 0.15) is 6.10 Å². The van der Waals surface area contributed by atoms with E-state index in [-0.39, 0.29) is 29.2 Å². The van der Waals surface area contributed by atoms with E-state index in [0.29, 0.717) is 23.8 Å². The lowest BCUT2D eigenvalue weighted by molar-refractivity contribution is -0.148. The van der Waals surface area contributed by atoms with E-state index in [0.717, 1.165) is 44.6 Å². The summed E-state index contributed by atoms with van der Waals surface area (Å²) >= 11 is 0. The van der Waals surface area contributed by atoms with E-state index in [2.05, 4.69) is 19.9 Å². The van der Waals surface area contributed by atoms with Gasteiger partial charge >= 0.3 is 11.9 Å². The van der Waals surface area contributed by atoms with Crippen molar-refractivity contribution in [3.05, 3.63) is 23.3 Å². The molecular formula is C23H30O5. The van der Waals surface area contributed by atoms with Crippen LogP contribution in [0.15, 0.2) is 23.3 Å². The first-order valence-electron chi connectivity index (χ1n) is 10.5. The van der Waals surface area contributed by atoms with Crippen molar-refractivity contribution in [3.8, 4) is 0 Å². The second kappa shape index (κ2) is 6.57. The first kappa shape index (κ1) is 19.4. The van der Waals surface area contributed by atoms with Crippen molar-refractivity contribution >= 4 is 17.7 Å². The van der Waals surface area contributed by atoms with E-state index >= 15 is 0 Å². The van der Waals surface area contributed by atoms with Crippen LogP contribution in [0.25, 0.3) is 0 Å². The van der Waals surface area contributed by atoms with Crippen LogP contribution in [0.3, 0.4) is 0 Å². The molecule has 6 unspecified atom stereocenters. The number of hydrogen-bond acceptors (Lipinski definition) is 4. The number of Topliss-reactive ketones (excluding diaryl/α,β-unsaturated/α-hetero) is 1. The Kier molecular flexibility index (Phi) is 4.55. The molecule has 5 nitrogen and oxygen atoms in total. The average Bonchev–Trinajstić information content (AvgIpc) is 2.86. The summed E-state index contributed by atoms with van der Waals surface area (Å²) in [5.41, 5.74) is 1.60. The third-order valence-corrected chi connectivity index (χ3v) is 8.33. The summed E-state index contributed by atoms with van der Waals surface area (Å²) in [5.74, 6) is -0.0217. The smallest absolute Gasteiger partial charge is 0.328 e. The quantitative estimate of drug-likeness (QED) is 0.439. The Bertz CT molecular complexity index is 793. The Hall–Kier alpha value is -1.91. The van der Waals surface area contributed by atoms with Crippen molar-refractivity contribution in [2.75, 3.05) is 0 Å². The molecule has 0 saturated heterocycles. The van der Waals surface area contributed by atoms with Gasteiger partial charge in [-0.15, -0.1) is 0 Å². The maximum absolute atomic E-state index is 13.0. The standard InChI is InChI=1S/C23H30O5/c1-13(24)28-16-6-8-22(2)15(12-16)4-5-17-18(22)7-9-23(3)19(17)10-14(21(23)27)11-20(25)26/h4,11,16-19H,5-10,12H2,1-3H3,(H,25,26)/b14-11-. The van der Waals surface area contributed by atoms with Gasteiger partial charge in [-0.25, -0.2) is 4.79 Å². The molecule has 4 rings (SSSR count). The van der Waals surface area contributed by atoms with Gasteiger partial charge in [0.25, 0.3) is 0 Å². The second-order valence-corrected chi connectivity index (χ2v) is 9.73. The minimum Gasteiger partial charge on any atom is -0.478 e. The van der Waals surface area contributed by atoms with Gasteiger partial charge in [0.2, 0.25) is 0 Å². The van der Waals surface area contributed by atoms with Crippen molar-refractivity contribution in [2.45, 2.75) is 71.8 Å². The number of carboxylic acid groups (broad SMARTS) is 1. The molecule has 3 saturated carbocycles. The molecule has 152 valence electrons. The number of ether oxygens (including phenoxy) is 1. The minimum absolute atomic E-state index is 0.0135. The van der Waals surface area contributed by atoms with E-state index in [4.69, 9.17) is 9.84 Å². The Morgan fingerprint density at radius 1 is 1.14 bits per heavy atom. The first-order chi connectivity index (χ1) is 13.1. The molecule has 4 aliphatic rings. The molecule has 0 aromatic heterocycles. The lowest BCUT2D eigenvalue weighted by atomic mass is 9.48. The maximum atomic E-state index is 13.0. The number of hydrogen-bond donors (Lipinski definition) is 1. The lowest BCUT2D eigenvalue weighted by Crippen LogP contribution is -2.50. The normalized spacial score (nSPS) is 43.6. The summed E-state index contributed by atoms with van der Waals surface area (Å²) in [6, 6.07) is 0. The largest absolute Gasteiger partial charge is 0.478 e. The highest BCUT2D eigenvalue weighted by molar-refractivity contribution is 6.06. The van der Waals surface area contributed by atoms with Crippen LogP contribution in [-0.2, 0) is 19.1 Å². The summed E-state index contributed by atoms with van der Waals surface area (Å²) in [5, 5.41) is 9.15. The Balaban J connectivity index is 1.62. The van der Waals surface area contributed by atoms with Gasteiger partial charge in [-0.2, -0.15) is 0 Å². The predicted molar refractivity (Wildman–Crippen MR) is 103 cm³/mol. The fourth-order valence-electron chi connectivity index (χ4n) is 6.91. The first-order valence-corrected chi connectivity index (χ1v) is 10.5. The summed E-state index contributed by atoms with van der Waals surface area (Å²) < 4.78 is 5.48. The van der Waals surface area contributed by atoms with Crippen LogP contribution in [0.4, 0.5) is 0 Å². The van der Waals surface area contributed by atoms with Gasteiger partial charge in [0, 0.05) is 30.4 Å². The van der Waals surface area contributed by atoms with Crippen LogP contribution in [0, 0.1) is 28.6 Å². The molecule has 0 amide bonds. The van der Waals surface area contributed by atoms with E-state index in [1.807, 2.05) is 0 Å². The van der Waals surface area contributed by atoms with Gasteiger partial charge in [-0.05, 0) is 61.7 Å². The summed E-state index contributed by atoms with van der Waals surface area (Å²) in [4.78, 5) is 35.5. The molecule has 0 spiro atoms. The van der Waals surface area contributed by atoms with Crippen LogP contribution in [-0.4, -0.2) is 28.9 Å². The fraction of sp³-hybridized carbons (Fsp3) is 0.696. The zero-order chi connectivity index (χ0) is 20.3. The predicted octanol–water partition coefficient (Wildman–Crippen LogP) is 4.07. The zero-order valence-corrected chi connectivity index (χ0v) is 17.0. The molecule has 0 radical (unpaired) electrons. The molecule has 0 aromatic rings. The number of allylic oxidation sites excluding steroid dienone is 2. The Labute approximate surface area is 166 Å².